The number of aliphatic hydroxyl groups is 2. The van der Waals surface area contributed by atoms with E-state index in [0.29, 0.717) is 5.69 Å². The number of aliphatic hydroxyl groups excluding tert-OH is 2. The smallest absolute Gasteiger partial charge is 0.296 e. The van der Waals surface area contributed by atoms with Crippen LogP contribution in [0.1, 0.15) is 5.56 Å². The number of azo groups is 2. The van der Waals surface area contributed by atoms with Gasteiger partial charge in [-0.05, 0) is 95.7 Å². The van der Waals surface area contributed by atoms with Crippen molar-refractivity contribution in [2.75, 3.05) is 5.32 Å². The summed E-state index contributed by atoms with van der Waals surface area (Å²) in [5.74, 6) is -1.66. The summed E-state index contributed by atoms with van der Waals surface area (Å²) in [6, 6.07) is 23.5. The molecule has 17 nitrogen and oxygen atoms in total. The van der Waals surface area contributed by atoms with Gasteiger partial charge in [-0.2, -0.15) is 27.1 Å². The first-order chi connectivity index (χ1) is 25.1. The molecule has 0 radical (unpaired) electrons. The molecule has 0 amide bonds. The van der Waals surface area contributed by atoms with Crippen molar-refractivity contribution in [1.82, 2.24) is 0 Å². The van der Waals surface area contributed by atoms with Gasteiger partial charge in [0.2, 0.25) is 5.90 Å². The van der Waals surface area contributed by atoms with E-state index in [-0.39, 0.29) is 44.2 Å². The van der Waals surface area contributed by atoms with Gasteiger partial charge >= 0.3 is 0 Å². The van der Waals surface area contributed by atoms with Crippen molar-refractivity contribution in [3.8, 4) is 11.5 Å². The summed E-state index contributed by atoms with van der Waals surface area (Å²) in [6.07, 6.45) is 0. The Morgan fingerprint density at radius 1 is 0.585 bits per heavy atom. The molecule has 0 bridgehead atoms. The van der Waals surface area contributed by atoms with Crippen LogP contribution in [0.15, 0.2) is 138 Å². The third-order valence-electron chi connectivity index (χ3n) is 7.55. The molecule has 19 heteroatoms. The summed E-state index contributed by atoms with van der Waals surface area (Å²) >= 11 is 0. The van der Waals surface area contributed by atoms with Crippen LogP contribution in [0.25, 0.3) is 21.5 Å². The minimum absolute atomic E-state index is 0.130. The number of hydrogen-bond acceptors (Lipinski definition) is 12. The Morgan fingerprint density at radius 3 is 1.60 bits per heavy atom. The SMILES string of the molecule is N=C(O)Nc1ccc2c(O)c(N=Nc3ccc(C(O)=Nc4ccc5c(O)c(N=Nc6ccccc6)c(S(=O)(=O)O)cc5c4)cc3)c(S(=O)(=O)O)cc2c1. The number of amidine groups is 1. The van der Waals surface area contributed by atoms with Gasteiger partial charge in [-0.1, -0.05) is 18.2 Å². The van der Waals surface area contributed by atoms with Gasteiger partial charge in [0.1, 0.15) is 21.2 Å². The standard InChI is InChI=1S/C34H25N7O10S2/c35-34(45)37-24-11-13-26-20(15-24)17-28(53(49,50)51)30(32(26)43)41-39-22-8-6-18(7-9-22)33(44)36-23-10-12-25-19(14-23)16-27(52(46,47)48)29(31(25)42)40-38-21-4-2-1-3-5-21/h1-17,42-43H,(H,36,44)(H3,35,37,45)(H,46,47,48)(H,49,50,51). The number of aromatic hydroxyl groups is 2. The largest absolute Gasteiger partial charge is 0.505 e. The topological polar surface area (TPSA) is 287 Å². The lowest BCUT2D eigenvalue weighted by Gasteiger charge is -2.10. The summed E-state index contributed by atoms with van der Waals surface area (Å²) in [5, 5.41) is 67.4. The van der Waals surface area contributed by atoms with Crippen LogP contribution >= 0.6 is 0 Å². The van der Waals surface area contributed by atoms with E-state index in [9.17, 15) is 46.4 Å². The molecular weight excluding hydrogens is 731 g/mol. The first kappa shape index (κ1) is 36.0. The first-order valence-electron chi connectivity index (χ1n) is 14.9. The Hall–Kier alpha value is -6.80. The number of rotatable bonds is 9. The van der Waals surface area contributed by atoms with Gasteiger partial charge in [-0.25, -0.2) is 4.99 Å². The average molecular weight is 756 g/mol. The molecule has 0 saturated heterocycles. The molecule has 6 rings (SSSR count). The predicted molar refractivity (Wildman–Crippen MR) is 195 cm³/mol. The Balaban J connectivity index is 1.29. The normalized spacial score (nSPS) is 12.6. The highest BCUT2D eigenvalue weighted by atomic mass is 32.2. The van der Waals surface area contributed by atoms with Crippen molar-refractivity contribution in [2.45, 2.75) is 9.79 Å². The zero-order chi connectivity index (χ0) is 38.1. The predicted octanol–water partition coefficient (Wildman–Crippen LogP) is 8.27. The van der Waals surface area contributed by atoms with E-state index in [4.69, 9.17) is 5.41 Å². The Kier molecular flexibility index (Phi) is 9.56. The fourth-order valence-electron chi connectivity index (χ4n) is 5.14. The van der Waals surface area contributed by atoms with Crippen LogP contribution in [-0.4, -0.2) is 58.3 Å². The van der Waals surface area contributed by atoms with E-state index < -0.39 is 64.8 Å². The maximum atomic E-state index is 12.2. The van der Waals surface area contributed by atoms with Gasteiger partial charge in [-0.3, -0.25) is 14.5 Å². The van der Waals surface area contributed by atoms with Crippen LogP contribution in [0.5, 0.6) is 11.5 Å². The van der Waals surface area contributed by atoms with Crippen LogP contribution in [0.2, 0.25) is 0 Å². The number of phenols is 2. The van der Waals surface area contributed by atoms with Crippen molar-refractivity contribution >= 4 is 87.8 Å². The number of fused-ring (bicyclic) bond motifs is 2. The maximum Gasteiger partial charge on any atom is 0.296 e. The highest BCUT2D eigenvalue weighted by Crippen LogP contribution is 2.43. The van der Waals surface area contributed by atoms with Crippen LogP contribution in [0.4, 0.5) is 34.1 Å². The molecule has 0 aromatic heterocycles. The minimum Gasteiger partial charge on any atom is -0.505 e. The lowest BCUT2D eigenvalue weighted by atomic mass is 10.1. The quantitative estimate of drug-likeness (QED) is 0.0300. The number of aliphatic imine (C=N–C) groups is 1. The van der Waals surface area contributed by atoms with E-state index in [1.54, 1.807) is 30.3 Å². The fourth-order valence-corrected chi connectivity index (χ4v) is 6.45. The Labute approximate surface area is 299 Å². The average Bonchev–Trinajstić information content (AvgIpc) is 3.10. The summed E-state index contributed by atoms with van der Waals surface area (Å²) in [7, 11) is -9.79. The second-order valence-electron chi connectivity index (χ2n) is 11.1. The highest BCUT2D eigenvalue weighted by Gasteiger charge is 2.24. The molecule has 0 atom stereocenters. The Morgan fingerprint density at radius 2 is 1.08 bits per heavy atom. The van der Waals surface area contributed by atoms with E-state index in [2.05, 4.69) is 30.8 Å². The summed E-state index contributed by atoms with van der Waals surface area (Å²) in [4.78, 5) is 2.68. The molecule has 268 valence electrons. The highest BCUT2D eigenvalue weighted by molar-refractivity contribution is 7.86. The monoisotopic (exact) mass is 755 g/mol. The second kappa shape index (κ2) is 14.1. The molecule has 53 heavy (non-hydrogen) atoms. The van der Waals surface area contributed by atoms with Crippen molar-refractivity contribution in [3.63, 3.8) is 0 Å². The summed E-state index contributed by atoms with van der Waals surface area (Å²) < 4.78 is 68.6. The Bertz CT molecular complexity index is 2760. The van der Waals surface area contributed by atoms with Gasteiger partial charge < -0.3 is 25.7 Å². The molecule has 6 aromatic rings. The zero-order valence-electron chi connectivity index (χ0n) is 26.7. The summed E-state index contributed by atoms with van der Waals surface area (Å²) in [6.45, 7) is 0. The van der Waals surface area contributed by atoms with Crippen molar-refractivity contribution in [1.29, 1.82) is 5.41 Å². The van der Waals surface area contributed by atoms with E-state index >= 15 is 0 Å². The lowest BCUT2D eigenvalue weighted by Crippen LogP contribution is -2.08. The van der Waals surface area contributed by atoms with E-state index in [1.165, 1.54) is 60.7 Å². The van der Waals surface area contributed by atoms with E-state index in [1.807, 2.05) is 0 Å². The molecule has 0 unspecified atom stereocenters. The number of nitrogens with zero attached hydrogens (tertiary/aromatic N) is 5. The molecule has 0 aliphatic rings. The van der Waals surface area contributed by atoms with Crippen molar-refractivity contribution < 1.29 is 46.4 Å². The number of phenolic OH excluding ortho intramolecular Hbond substituents is 2. The maximum absolute atomic E-state index is 12.2. The molecule has 0 saturated carbocycles. The van der Waals surface area contributed by atoms with Crippen LogP contribution in [0, 0.1) is 5.41 Å². The number of hydrogen-bond donors (Lipinski definition) is 8. The lowest BCUT2D eigenvalue weighted by molar-refractivity contribution is 0.471. The van der Waals surface area contributed by atoms with Crippen LogP contribution < -0.4 is 5.32 Å². The second-order valence-corrected chi connectivity index (χ2v) is 13.9. The van der Waals surface area contributed by atoms with Gasteiger partial charge in [0.15, 0.2) is 11.5 Å². The molecule has 0 fully saturated rings. The van der Waals surface area contributed by atoms with Gasteiger partial charge in [0, 0.05) is 22.0 Å². The zero-order valence-corrected chi connectivity index (χ0v) is 28.3. The molecule has 0 aliphatic heterocycles. The molecular formula is C34H25N7O10S2. The third kappa shape index (κ3) is 7.92. The fraction of sp³-hybridized carbons (Fsp3) is 0. The minimum atomic E-state index is -4.92. The molecule has 0 aliphatic carbocycles. The summed E-state index contributed by atoms with van der Waals surface area (Å²) in [5.41, 5.74) is 0.0117. The molecule has 8 N–H and O–H groups in total. The van der Waals surface area contributed by atoms with Crippen LogP contribution in [-0.2, 0) is 20.2 Å². The molecule has 0 heterocycles. The molecule has 6 aromatic carbocycles. The van der Waals surface area contributed by atoms with Gasteiger partial charge in [0.25, 0.3) is 26.3 Å². The number of anilines is 1. The van der Waals surface area contributed by atoms with Crippen molar-refractivity contribution in [3.05, 3.63) is 109 Å². The first-order valence-corrected chi connectivity index (χ1v) is 17.8. The number of nitrogens with one attached hydrogen (secondary N) is 2. The van der Waals surface area contributed by atoms with Gasteiger partial charge in [0.05, 0.1) is 17.1 Å². The van der Waals surface area contributed by atoms with Crippen molar-refractivity contribution in [2.24, 2.45) is 25.4 Å². The van der Waals surface area contributed by atoms with E-state index in [0.717, 1.165) is 12.1 Å². The third-order valence-corrected chi connectivity index (χ3v) is 9.29. The molecule has 0 spiro atoms. The number of benzene rings is 6. The van der Waals surface area contributed by atoms with Crippen LogP contribution in [0.3, 0.4) is 0 Å². The van der Waals surface area contributed by atoms with Gasteiger partial charge in [-0.15, -0.1) is 10.2 Å².